The maximum atomic E-state index is 5.19. The van der Waals surface area contributed by atoms with Crippen molar-refractivity contribution in [3.63, 3.8) is 0 Å². The lowest BCUT2D eigenvalue weighted by Gasteiger charge is -2.02. The monoisotopic (exact) mass is 333 g/mol. The van der Waals surface area contributed by atoms with E-state index in [0.717, 1.165) is 27.3 Å². The van der Waals surface area contributed by atoms with Crippen LogP contribution >= 0.6 is 15.9 Å². The highest BCUT2D eigenvalue weighted by Crippen LogP contribution is 2.13. The van der Waals surface area contributed by atoms with Gasteiger partial charge in [0.25, 0.3) is 0 Å². The fourth-order valence-corrected chi connectivity index (χ4v) is 2.16. The van der Waals surface area contributed by atoms with E-state index in [1.807, 2.05) is 37.3 Å². The Labute approximate surface area is 123 Å². The average molecular weight is 334 g/mol. The van der Waals surface area contributed by atoms with Crippen molar-refractivity contribution in [1.29, 1.82) is 0 Å². The first kappa shape index (κ1) is 13.0. The topological polar surface area (TPSA) is 69.6 Å². The Kier molecular flexibility index (Phi) is 3.60. The van der Waals surface area contributed by atoms with Crippen molar-refractivity contribution in [2.75, 3.05) is 0 Å². The quantitative estimate of drug-likeness (QED) is 0.733. The van der Waals surface area contributed by atoms with Gasteiger partial charge in [0, 0.05) is 17.0 Å². The van der Waals surface area contributed by atoms with E-state index >= 15 is 0 Å². The van der Waals surface area contributed by atoms with Crippen molar-refractivity contribution >= 4 is 15.9 Å². The standard InChI is InChI=1S/C13H12BrN5O/c1-9-6-12(20-16-9)8-19-13(15-17-18-19)7-10-2-4-11(14)5-3-10/h2-6H,7-8H2,1H3. The van der Waals surface area contributed by atoms with Crippen LogP contribution in [0.2, 0.25) is 0 Å². The zero-order valence-electron chi connectivity index (χ0n) is 10.8. The number of benzene rings is 1. The molecular formula is C13H12BrN5O. The second-order valence-corrected chi connectivity index (χ2v) is 5.41. The van der Waals surface area contributed by atoms with Crippen LogP contribution in [0.4, 0.5) is 0 Å². The van der Waals surface area contributed by atoms with Crippen molar-refractivity contribution in [3.05, 3.63) is 57.6 Å². The van der Waals surface area contributed by atoms with Crippen LogP contribution < -0.4 is 0 Å². The number of tetrazole rings is 1. The molecule has 0 fully saturated rings. The number of aromatic nitrogens is 5. The summed E-state index contributed by atoms with van der Waals surface area (Å²) in [5.74, 6) is 1.54. The number of hydrogen-bond donors (Lipinski definition) is 0. The zero-order chi connectivity index (χ0) is 13.9. The molecule has 0 radical (unpaired) electrons. The molecule has 0 bridgehead atoms. The molecule has 1 aromatic carbocycles. The van der Waals surface area contributed by atoms with E-state index in [9.17, 15) is 0 Å². The Bertz CT molecular complexity index is 704. The van der Waals surface area contributed by atoms with Crippen molar-refractivity contribution in [2.24, 2.45) is 0 Å². The van der Waals surface area contributed by atoms with E-state index in [1.165, 1.54) is 0 Å². The molecule has 3 aromatic rings. The lowest BCUT2D eigenvalue weighted by molar-refractivity contribution is 0.365. The van der Waals surface area contributed by atoms with Gasteiger partial charge in [-0.1, -0.05) is 33.2 Å². The molecule has 0 saturated heterocycles. The van der Waals surface area contributed by atoms with Crippen LogP contribution in [-0.2, 0) is 13.0 Å². The number of hydrogen-bond acceptors (Lipinski definition) is 5. The van der Waals surface area contributed by atoms with Gasteiger partial charge in [0.15, 0.2) is 11.6 Å². The molecule has 7 heteroatoms. The Morgan fingerprint density at radius 1 is 1.25 bits per heavy atom. The van der Waals surface area contributed by atoms with E-state index in [2.05, 4.69) is 36.6 Å². The van der Waals surface area contributed by atoms with E-state index < -0.39 is 0 Å². The summed E-state index contributed by atoms with van der Waals surface area (Å²) < 4.78 is 7.96. The second-order valence-electron chi connectivity index (χ2n) is 4.49. The fraction of sp³-hybridized carbons (Fsp3) is 0.231. The molecule has 20 heavy (non-hydrogen) atoms. The van der Waals surface area contributed by atoms with Gasteiger partial charge in [0.1, 0.15) is 6.54 Å². The van der Waals surface area contributed by atoms with Crippen molar-refractivity contribution < 1.29 is 4.52 Å². The molecule has 2 heterocycles. The summed E-state index contributed by atoms with van der Waals surface area (Å²) in [6, 6.07) is 9.97. The van der Waals surface area contributed by atoms with E-state index in [0.29, 0.717) is 13.0 Å². The van der Waals surface area contributed by atoms with Crippen molar-refractivity contribution in [3.8, 4) is 0 Å². The Morgan fingerprint density at radius 3 is 2.75 bits per heavy atom. The van der Waals surface area contributed by atoms with Crippen LogP contribution in [0.1, 0.15) is 22.8 Å². The third-order valence-corrected chi connectivity index (χ3v) is 3.39. The molecule has 0 aliphatic carbocycles. The molecule has 0 N–H and O–H groups in total. The molecule has 0 amide bonds. The minimum absolute atomic E-state index is 0.486. The molecule has 0 aliphatic heterocycles. The van der Waals surface area contributed by atoms with E-state index in [-0.39, 0.29) is 0 Å². The molecule has 0 aliphatic rings. The molecule has 6 nitrogen and oxygen atoms in total. The SMILES string of the molecule is Cc1cc(Cn2nnnc2Cc2ccc(Br)cc2)on1. The fourth-order valence-electron chi connectivity index (χ4n) is 1.90. The van der Waals surface area contributed by atoms with E-state index in [1.54, 1.807) is 4.68 Å². The van der Waals surface area contributed by atoms with Crippen LogP contribution in [-0.4, -0.2) is 25.4 Å². The highest BCUT2D eigenvalue weighted by atomic mass is 79.9. The summed E-state index contributed by atoms with van der Waals surface area (Å²) in [5.41, 5.74) is 2.00. The van der Waals surface area contributed by atoms with Crippen molar-refractivity contribution in [2.45, 2.75) is 19.9 Å². The Morgan fingerprint density at radius 2 is 2.05 bits per heavy atom. The van der Waals surface area contributed by atoms with Gasteiger partial charge in [0.05, 0.1) is 5.69 Å². The highest BCUT2D eigenvalue weighted by Gasteiger charge is 2.10. The van der Waals surface area contributed by atoms with Crippen LogP contribution in [0.3, 0.4) is 0 Å². The minimum Gasteiger partial charge on any atom is -0.359 e. The molecule has 0 saturated carbocycles. The smallest absolute Gasteiger partial charge is 0.158 e. The zero-order valence-corrected chi connectivity index (χ0v) is 12.4. The first-order valence-electron chi connectivity index (χ1n) is 6.12. The van der Waals surface area contributed by atoms with Gasteiger partial charge in [-0.2, -0.15) is 0 Å². The normalized spacial score (nSPS) is 10.9. The van der Waals surface area contributed by atoms with Gasteiger partial charge in [-0.15, -0.1) is 5.10 Å². The first-order valence-corrected chi connectivity index (χ1v) is 6.92. The Hall–Kier alpha value is -2.02. The van der Waals surface area contributed by atoms with Gasteiger partial charge >= 0.3 is 0 Å². The average Bonchev–Trinajstić information content (AvgIpc) is 3.03. The molecule has 0 unspecified atom stereocenters. The largest absolute Gasteiger partial charge is 0.359 e. The second kappa shape index (κ2) is 5.54. The van der Waals surface area contributed by atoms with Crippen LogP contribution in [0.25, 0.3) is 0 Å². The summed E-state index contributed by atoms with van der Waals surface area (Å²) in [6.45, 7) is 2.37. The summed E-state index contributed by atoms with van der Waals surface area (Å²) in [6.07, 6.45) is 0.674. The summed E-state index contributed by atoms with van der Waals surface area (Å²) in [4.78, 5) is 0. The number of aryl methyl sites for hydroxylation is 1. The lowest BCUT2D eigenvalue weighted by Crippen LogP contribution is -2.07. The van der Waals surface area contributed by atoms with Gasteiger partial charge in [0.2, 0.25) is 0 Å². The van der Waals surface area contributed by atoms with Crippen LogP contribution in [0.5, 0.6) is 0 Å². The third-order valence-electron chi connectivity index (χ3n) is 2.86. The van der Waals surface area contributed by atoms with Crippen LogP contribution in [0, 0.1) is 6.92 Å². The molecule has 2 aromatic heterocycles. The molecule has 102 valence electrons. The third kappa shape index (κ3) is 2.93. The highest BCUT2D eigenvalue weighted by molar-refractivity contribution is 9.10. The van der Waals surface area contributed by atoms with Crippen LogP contribution in [0.15, 0.2) is 39.3 Å². The maximum Gasteiger partial charge on any atom is 0.158 e. The maximum absolute atomic E-state index is 5.19. The van der Waals surface area contributed by atoms with Gasteiger partial charge < -0.3 is 4.52 Å². The molecule has 3 rings (SSSR count). The number of rotatable bonds is 4. The minimum atomic E-state index is 0.486. The lowest BCUT2D eigenvalue weighted by atomic mass is 10.1. The molecular weight excluding hydrogens is 322 g/mol. The van der Waals surface area contributed by atoms with Gasteiger partial charge in [-0.05, 0) is 35.0 Å². The number of halogens is 1. The van der Waals surface area contributed by atoms with Gasteiger partial charge in [-0.25, -0.2) is 4.68 Å². The molecule has 0 atom stereocenters. The number of nitrogens with zero attached hydrogens (tertiary/aromatic N) is 5. The van der Waals surface area contributed by atoms with Gasteiger partial charge in [-0.3, -0.25) is 0 Å². The van der Waals surface area contributed by atoms with Crippen molar-refractivity contribution in [1.82, 2.24) is 25.4 Å². The first-order chi connectivity index (χ1) is 9.70. The predicted octanol–water partition coefficient (Wildman–Crippen LogP) is 2.37. The molecule has 0 spiro atoms. The Balaban J connectivity index is 1.78. The summed E-state index contributed by atoms with van der Waals surface area (Å²) >= 11 is 3.42. The predicted molar refractivity (Wildman–Crippen MR) is 75.1 cm³/mol. The summed E-state index contributed by atoms with van der Waals surface area (Å²) in [7, 11) is 0. The van der Waals surface area contributed by atoms with E-state index in [4.69, 9.17) is 4.52 Å². The summed E-state index contributed by atoms with van der Waals surface area (Å²) in [5, 5.41) is 15.6.